The zero-order valence-corrected chi connectivity index (χ0v) is 15.0. The second-order valence-corrected chi connectivity index (χ2v) is 6.65. The standard InChI is InChI=1S/C17H15IN4O/c1-21-9-14(18)13-8-11(5-6-15(13)21)16-19-17-12(10-23-2)4-3-7-22(17)20-16/h3-9H,10H2,1-2H3. The molecule has 0 aliphatic carbocycles. The summed E-state index contributed by atoms with van der Waals surface area (Å²) in [5, 5.41) is 5.83. The Bertz CT molecular complexity index is 1020. The summed E-state index contributed by atoms with van der Waals surface area (Å²) in [6.07, 6.45) is 4.04. The van der Waals surface area contributed by atoms with Gasteiger partial charge in [-0.15, -0.1) is 5.10 Å². The molecule has 0 saturated carbocycles. The van der Waals surface area contributed by atoms with E-state index >= 15 is 0 Å². The summed E-state index contributed by atoms with van der Waals surface area (Å²) in [6, 6.07) is 10.3. The molecular weight excluding hydrogens is 403 g/mol. The van der Waals surface area contributed by atoms with Crippen molar-refractivity contribution >= 4 is 39.1 Å². The van der Waals surface area contributed by atoms with Crippen LogP contribution in [0.4, 0.5) is 0 Å². The number of pyridine rings is 1. The van der Waals surface area contributed by atoms with Gasteiger partial charge in [-0.05, 0) is 46.9 Å². The van der Waals surface area contributed by atoms with E-state index in [4.69, 9.17) is 9.72 Å². The van der Waals surface area contributed by atoms with Crippen molar-refractivity contribution in [2.24, 2.45) is 7.05 Å². The van der Waals surface area contributed by atoms with E-state index in [9.17, 15) is 0 Å². The summed E-state index contributed by atoms with van der Waals surface area (Å²) in [6.45, 7) is 0.526. The molecule has 4 aromatic rings. The fraction of sp³-hybridized carbons (Fsp3) is 0.176. The van der Waals surface area contributed by atoms with Crippen molar-refractivity contribution in [3.63, 3.8) is 0 Å². The Hall–Kier alpha value is -1.93. The molecule has 116 valence electrons. The van der Waals surface area contributed by atoms with Crippen molar-refractivity contribution in [3.8, 4) is 11.4 Å². The molecule has 0 aliphatic heterocycles. The lowest BCUT2D eigenvalue weighted by atomic mass is 10.1. The van der Waals surface area contributed by atoms with Crippen LogP contribution in [-0.4, -0.2) is 26.3 Å². The van der Waals surface area contributed by atoms with E-state index in [2.05, 4.69) is 63.7 Å². The summed E-state index contributed by atoms with van der Waals surface area (Å²) in [5.41, 5.74) is 4.10. The van der Waals surface area contributed by atoms with E-state index in [0.717, 1.165) is 22.6 Å². The molecule has 0 saturated heterocycles. The maximum absolute atomic E-state index is 5.24. The third kappa shape index (κ3) is 2.42. The summed E-state index contributed by atoms with van der Waals surface area (Å²) < 4.78 is 10.4. The lowest BCUT2D eigenvalue weighted by Gasteiger charge is -1.99. The Morgan fingerprint density at radius 1 is 1.26 bits per heavy atom. The Labute approximate surface area is 147 Å². The van der Waals surface area contributed by atoms with Crippen molar-refractivity contribution in [1.82, 2.24) is 19.2 Å². The predicted molar refractivity (Wildman–Crippen MR) is 98.3 cm³/mol. The van der Waals surface area contributed by atoms with Gasteiger partial charge in [0.2, 0.25) is 0 Å². The number of methoxy groups -OCH3 is 1. The first-order valence-corrected chi connectivity index (χ1v) is 8.33. The van der Waals surface area contributed by atoms with Crippen LogP contribution >= 0.6 is 22.6 Å². The van der Waals surface area contributed by atoms with Crippen molar-refractivity contribution < 1.29 is 4.74 Å². The second-order valence-electron chi connectivity index (χ2n) is 5.49. The molecule has 0 atom stereocenters. The fourth-order valence-electron chi connectivity index (χ4n) is 2.83. The van der Waals surface area contributed by atoms with E-state index in [1.165, 1.54) is 14.5 Å². The molecule has 0 N–H and O–H groups in total. The second kappa shape index (κ2) is 5.61. The summed E-state index contributed by atoms with van der Waals surface area (Å²) in [7, 11) is 3.75. The first-order chi connectivity index (χ1) is 11.2. The van der Waals surface area contributed by atoms with Crippen LogP contribution < -0.4 is 0 Å². The van der Waals surface area contributed by atoms with Gasteiger partial charge in [-0.3, -0.25) is 0 Å². The first kappa shape index (κ1) is 14.6. The van der Waals surface area contributed by atoms with Gasteiger partial charge in [0.1, 0.15) is 0 Å². The predicted octanol–water partition coefficient (Wildman–Crippen LogP) is 3.64. The van der Waals surface area contributed by atoms with Gasteiger partial charge in [0.05, 0.1) is 6.61 Å². The quantitative estimate of drug-likeness (QED) is 0.478. The van der Waals surface area contributed by atoms with Crippen LogP contribution in [0.2, 0.25) is 0 Å². The van der Waals surface area contributed by atoms with E-state index in [1.54, 1.807) is 7.11 Å². The molecule has 23 heavy (non-hydrogen) atoms. The molecule has 1 aromatic carbocycles. The molecule has 3 aromatic heterocycles. The van der Waals surface area contributed by atoms with E-state index < -0.39 is 0 Å². The minimum absolute atomic E-state index is 0.526. The number of aryl methyl sites for hydroxylation is 1. The molecule has 0 amide bonds. The van der Waals surface area contributed by atoms with Gasteiger partial charge < -0.3 is 9.30 Å². The molecule has 6 heteroatoms. The lowest BCUT2D eigenvalue weighted by Crippen LogP contribution is -1.94. The number of aromatic nitrogens is 4. The number of nitrogens with zero attached hydrogens (tertiary/aromatic N) is 4. The van der Waals surface area contributed by atoms with Crippen LogP contribution in [0.25, 0.3) is 27.9 Å². The maximum atomic E-state index is 5.24. The molecule has 5 nitrogen and oxygen atoms in total. The van der Waals surface area contributed by atoms with Crippen molar-refractivity contribution in [1.29, 1.82) is 0 Å². The Morgan fingerprint density at radius 3 is 2.96 bits per heavy atom. The minimum Gasteiger partial charge on any atom is -0.380 e. The van der Waals surface area contributed by atoms with Crippen LogP contribution in [0.15, 0.2) is 42.7 Å². The highest BCUT2D eigenvalue weighted by atomic mass is 127. The normalized spacial score (nSPS) is 11.6. The SMILES string of the molecule is COCc1cccn2nc(-c3ccc4c(c3)c(I)cn4C)nc12. The van der Waals surface area contributed by atoms with Gasteiger partial charge in [0.25, 0.3) is 0 Å². The fourth-order valence-corrected chi connectivity index (χ4v) is 3.68. The van der Waals surface area contributed by atoms with Crippen LogP contribution in [0.3, 0.4) is 0 Å². The van der Waals surface area contributed by atoms with Crippen LogP contribution in [0.5, 0.6) is 0 Å². The molecule has 0 unspecified atom stereocenters. The molecule has 0 bridgehead atoms. The average Bonchev–Trinajstić information content (AvgIpc) is 3.10. The topological polar surface area (TPSA) is 44.4 Å². The third-order valence-electron chi connectivity index (χ3n) is 3.94. The highest BCUT2D eigenvalue weighted by Crippen LogP contribution is 2.27. The van der Waals surface area contributed by atoms with Gasteiger partial charge in [0.15, 0.2) is 11.5 Å². The number of ether oxygens (including phenoxy) is 1. The van der Waals surface area contributed by atoms with Crippen LogP contribution in [-0.2, 0) is 18.4 Å². The minimum atomic E-state index is 0.526. The summed E-state index contributed by atoms with van der Waals surface area (Å²) >= 11 is 2.36. The molecule has 3 heterocycles. The van der Waals surface area contributed by atoms with Crippen molar-refractivity contribution in [2.45, 2.75) is 6.61 Å². The maximum Gasteiger partial charge on any atom is 0.182 e. The lowest BCUT2D eigenvalue weighted by molar-refractivity contribution is 0.185. The first-order valence-electron chi connectivity index (χ1n) is 7.25. The van der Waals surface area contributed by atoms with Gasteiger partial charge in [-0.1, -0.05) is 6.07 Å². The van der Waals surface area contributed by atoms with Crippen molar-refractivity contribution in [3.05, 3.63) is 51.9 Å². The number of hydrogen-bond acceptors (Lipinski definition) is 3. The zero-order chi connectivity index (χ0) is 16.0. The van der Waals surface area contributed by atoms with Gasteiger partial charge >= 0.3 is 0 Å². The van der Waals surface area contributed by atoms with Crippen LogP contribution in [0.1, 0.15) is 5.56 Å². The van der Waals surface area contributed by atoms with Gasteiger partial charge in [-0.2, -0.15) is 0 Å². The van der Waals surface area contributed by atoms with Gasteiger partial charge in [-0.25, -0.2) is 9.50 Å². The summed E-state index contributed by atoms with van der Waals surface area (Å²) in [4.78, 5) is 4.71. The molecular formula is C17H15IN4O. The monoisotopic (exact) mass is 418 g/mol. The van der Waals surface area contributed by atoms with Crippen molar-refractivity contribution in [2.75, 3.05) is 7.11 Å². The highest BCUT2D eigenvalue weighted by molar-refractivity contribution is 14.1. The molecule has 4 rings (SSSR count). The van der Waals surface area contributed by atoms with E-state index in [0.29, 0.717) is 6.61 Å². The Balaban J connectivity index is 1.88. The number of benzene rings is 1. The number of hydrogen-bond donors (Lipinski definition) is 0. The number of rotatable bonds is 3. The van der Waals surface area contributed by atoms with E-state index in [-0.39, 0.29) is 0 Å². The zero-order valence-electron chi connectivity index (χ0n) is 12.8. The highest BCUT2D eigenvalue weighted by Gasteiger charge is 2.12. The molecule has 0 radical (unpaired) electrons. The van der Waals surface area contributed by atoms with Crippen LogP contribution in [0, 0.1) is 3.57 Å². The number of halogens is 1. The molecule has 0 aliphatic rings. The van der Waals surface area contributed by atoms with Gasteiger partial charge in [0, 0.05) is 52.2 Å². The summed E-state index contributed by atoms with van der Waals surface area (Å²) in [5.74, 6) is 0.732. The Kier molecular flexibility index (Phi) is 3.57. The third-order valence-corrected chi connectivity index (χ3v) is 4.80. The smallest absolute Gasteiger partial charge is 0.182 e. The molecule has 0 fully saturated rings. The Morgan fingerprint density at radius 2 is 2.13 bits per heavy atom. The average molecular weight is 418 g/mol. The number of fused-ring (bicyclic) bond motifs is 2. The van der Waals surface area contributed by atoms with E-state index in [1.807, 2.05) is 22.8 Å². The molecule has 0 spiro atoms. The largest absolute Gasteiger partial charge is 0.380 e.